The van der Waals surface area contributed by atoms with Crippen LogP contribution in [0.3, 0.4) is 0 Å². The number of aromatic amines is 1. The first kappa shape index (κ1) is 18.9. The zero-order chi connectivity index (χ0) is 19.7. The molecule has 0 aliphatic carbocycles. The predicted molar refractivity (Wildman–Crippen MR) is 111 cm³/mol. The highest BCUT2D eigenvalue weighted by molar-refractivity contribution is 7.22. The Morgan fingerprint density at radius 1 is 1.36 bits per heavy atom. The average Bonchev–Trinajstić information content (AvgIpc) is 3.10. The number of likely N-dealkylation sites (tertiary alicyclic amines) is 1. The zero-order valence-corrected chi connectivity index (χ0v) is 16.5. The molecular formula is C20H23N3O4S. The highest BCUT2D eigenvalue weighted by Gasteiger charge is 2.26. The quantitative estimate of drug-likeness (QED) is 0.607. The third-order valence-corrected chi connectivity index (χ3v) is 6.46. The molecular weight excluding hydrogens is 378 g/mol. The first-order valence-electron chi connectivity index (χ1n) is 9.38. The fourth-order valence-electron chi connectivity index (χ4n) is 3.82. The normalized spacial score (nSPS) is 15.9. The maximum absolute atomic E-state index is 13.0. The van der Waals surface area contributed by atoms with Crippen LogP contribution < -0.4 is 15.6 Å². The third kappa shape index (κ3) is 3.39. The second-order valence-electron chi connectivity index (χ2n) is 6.98. The van der Waals surface area contributed by atoms with Gasteiger partial charge in [0.15, 0.2) is 5.75 Å². The van der Waals surface area contributed by atoms with Crippen LogP contribution in [-0.4, -0.2) is 60.3 Å². The van der Waals surface area contributed by atoms with Gasteiger partial charge < -0.3 is 25.0 Å². The monoisotopic (exact) mass is 401 g/mol. The van der Waals surface area contributed by atoms with Gasteiger partial charge in [0.1, 0.15) is 10.3 Å². The van der Waals surface area contributed by atoms with Crippen molar-refractivity contribution in [3.63, 3.8) is 0 Å². The molecule has 3 aromatic rings. The first-order valence-corrected chi connectivity index (χ1v) is 10.2. The van der Waals surface area contributed by atoms with Crippen molar-refractivity contribution in [2.24, 2.45) is 0 Å². The van der Waals surface area contributed by atoms with Crippen LogP contribution in [0.4, 0.5) is 0 Å². The number of carbonyl (C=O) groups excluding carboxylic acids is 1. The molecule has 7 nitrogen and oxygen atoms in total. The van der Waals surface area contributed by atoms with Gasteiger partial charge in [-0.3, -0.25) is 9.59 Å². The molecule has 28 heavy (non-hydrogen) atoms. The van der Waals surface area contributed by atoms with Gasteiger partial charge in [-0.1, -0.05) is 18.2 Å². The van der Waals surface area contributed by atoms with E-state index in [1.165, 1.54) is 18.4 Å². The Morgan fingerprint density at radius 3 is 2.82 bits per heavy atom. The standard InChI is InChI=1S/C20H23N3O4S/c1-27-16-15-17(13-4-2-3-5-14(13)22-19(15)25)28-18(16)20(26)21-12-6-8-23(9-7-12)10-11-24/h2-5,12,24H,6-11H2,1H3,(H,21,26)(H,22,25). The molecule has 0 bridgehead atoms. The van der Waals surface area contributed by atoms with Gasteiger partial charge in [0, 0.05) is 36.6 Å². The van der Waals surface area contributed by atoms with Gasteiger partial charge in [-0.15, -0.1) is 11.3 Å². The summed E-state index contributed by atoms with van der Waals surface area (Å²) >= 11 is 1.30. The molecule has 2 aromatic heterocycles. The van der Waals surface area contributed by atoms with E-state index in [2.05, 4.69) is 15.2 Å². The summed E-state index contributed by atoms with van der Waals surface area (Å²) < 4.78 is 6.24. The van der Waals surface area contributed by atoms with Crippen LogP contribution in [0, 0.1) is 0 Å². The Balaban J connectivity index is 1.65. The van der Waals surface area contributed by atoms with Crippen molar-refractivity contribution < 1.29 is 14.6 Å². The smallest absolute Gasteiger partial charge is 0.265 e. The molecule has 0 unspecified atom stereocenters. The first-order chi connectivity index (χ1) is 13.6. The van der Waals surface area contributed by atoms with Crippen LogP contribution >= 0.6 is 11.3 Å². The summed E-state index contributed by atoms with van der Waals surface area (Å²) in [6.45, 7) is 2.51. The van der Waals surface area contributed by atoms with Crippen molar-refractivity contribution >= 4 is 38.2 Å². The van der Waals surface area contributed by atoms with E-state index in [-0.39, 0.29) is 24.1 Å². The zero-order valence-electron chi connectivity index (χ0n) is 15.7. The Hall–Kier alpha value is -2.42. The fraction of sp³-hybridized carbons (Fsp3) is 0.400. The number of carbonyl (C=O) groups is 1. The van der Waals surface area contributed by atoms with Crippen molar-refractivity contribution in [3.8, 4) is 5.75 Å². The van der Waals surface area contributed by atoms with Gasteiger partial charge >= 0.3 is 0 Å². The van der Waals surface area contributed by atoms with E-state index in [1.807, 2.05) is 24.3 Å². The molecule has 0 atom stereocenters. The molecule has 0 radical (unpaired) electrons. The topological polar surface area (TPSA) is 94.7 Å². The van der Waals surface area contributed by atoms with Crippen LogP contribution in [0.1, 0.15) is 22.5 Å². The molecule has 1 saturated heterocycles. The van der Waals surface area contributed by atoms with Gasteiger partial charge in [0.2, 0.25) is 0 Å². The van der Waals surface area contributed by atoms with Crippen molar-refractivity contribution in [3.05, 3.63) is 39.5 Å². The van der Waals surface area contributed by atoms with Gasteiger partial charge in [-0.05, 0) is 18.9 Å². The summed E-state index contributed by atoms with van der Waals surface area (Å²) in [6, 6.07) is 7.63. The number of ether oxygens (including phenoxy) is 1. The van der Waals surface area contributed by atoms with Crippen LogP contribution in [0.2, 0.25) is 0 Å². The van der Waals surface area contributed by atoms with Gasteiger partial charge in [-0.25, -0.2) is 0 Å². The number of β-amino-alcohol motifs (C(OH)–C–C–N with tert-alkyl or cyclic N) is 1. The number of aromatic nitrogens is 1. The van der Waals surface area contributed by atoms with Crippen molar-refractivity contribution in [1.82, 2.24) is 15.2 Å². The highest BCUT2D eigenvalue weighted by Crippen LogP contribution is 2.38. The predicted octanol–water partition coefficient (Wildman–Crippen LogP) is 1.94. The number of para-hydroxylation sites is 1. The average molecular weight is 401 g/mol. The van der Waals surface area contributed by atoms with Gasteiger partial charge in [-0.2, -0.15) is 0 Å². The second-order valence-corrected chi connectivity index (χ2v) is 8.00. The molecule has 8 heteroatoms. The molecule has 1 aromatic carbocycles. The SMILES string of the molecule is COc1c(C(=O)NC2CCN(CCO)CC2)sc2c1c(=O)[nH]c1ccccc12. The number of rotatable bonds is 5. The number of aliphatic hydroxyl groups is 1. The number of piperidine rings is 1. The number of hydrogen-bond acceptors (Lipinski definition) is 6. The van der Waals surface area contributed by atoms with Crippen molar-refractivity contribution in [1.29, 1.82) is 0 Å². The summed E-state index contributed by atoms with van der Waals surface area (Å²) in [6.07, 6.45) is 1.67. The molecule has 4 rings (SSSR count). The van der Waals surface area contributed by atoms with Crippen LogP contribution in [0.15, 0.2) is 29.1 Å². The number of H-pyrrole nitrogens is 1. The van der Waals surface area contributed by atoms with Crippen LogP contribution in [-0.2, 0) is 0 Å². The number of thiophene rings is 1. The number of aliphatic hydroxyl groups excluding tert-OH is 1. The fourth-order valence-corrected chi connectivity index (χ4v) is 5.03. The molecule has 1 aliphatic heterocycles. The lowest BCUT2D eigenvalue weighted by atomic mass is 10.0. The minimum atomic E-state index is -0.252. The summed E-state index contributed by atoms with van der Waals surface area (Å²) in [5.41, 5.74) is 0.491. The van der Waals surface area contributed by atoms with E-state index in [1.54, 1.807) is 0 Å². The summed E-state index contributed by atoms with van der Waals surface area (Å²) in [5.74, 6) is 0.129. The lowest BCUT2D eigenvalue weighted by Gasteiger charge is -2.31. The molecule has 1 amide bonds. The maximum atomic E-state index is 13.0. The molecule has 3 N–H and O–H groups in total. The summed E-state index contributed by atoms with van der Waals surface area (Å²) in [4.78, 5) is 31.1. The Bertz CT molecular complexity index is 1070. The molecule has 148 valence electrons. The Kier molecular flexibility index (Phi) is 5.34. The summed E-state index contributed by atoms with van der Waals surface area (Å²) in [7, 11) is 1.49. The van der Waals surface area contributed by atoms with E-state index >= 15 is 0 Å². The third-order valence-electron chi connectivity index (χ3n) is 5.26. The number of hydrogen-bond donors (Lipinski definition) is 3. The Labute approximate surface area is 165 Å². The van der Waals surface area contributed by atoms with E-state index in [0.29, 0.717) is 22.6 Å². The second kappa shape index (κ2) is 7.90. The largest absolute Gasteiger partial charge is 0.494 e. The number of methoxy groups -OCH3 is 1. The number of pyridine rings is 1. The Morgan fingerprint density at radius 2 is 2.11 bits per heavy atom. The number of benzene rings is 1. The lowest BCUT2D eigenvalue weighted by molar-refractivity contribution is 0.0904. The van der Waals surface area contributed by atoms with E-state index in [0.717, 1.165) is 41.5 Å². The molecule has 1 aliphatic rings. The number of nitrogens with one attached hydrogen (secondary N) is 2. The molecule has 0 spiro atoms. The van der Waals surface area contributed by atoms with E-state index < -0.39 is 0 Å². The highest BCUT2D eigenvalue weighted by atomic mass is 32.1. The molecule has 3 heterocycles. The number of nitrogens with zero attached hydrogens (tertiary/aromatic N) is 1. The number of amides is 1. The summed E-state index contributed by atoms with van der Waals surface area (Å²) in [5, 5.41) is 13.5. The minimum Gasteiger partial charge on any atom is -0.494 e. The van der Waals surface area contributed by atoms with E-state index in [9.17, 15) is 9.59 Å². The molecule has 1 fully saturated rings. The maximum Gasteiger partial charge on any atom is 0.265 e. The van der Waals surface area contributed by atoms with Crippen molar-refractivity contribution in [2.45, 2.75) is 18.9 Å². The number of fused-ring (bicyclic) bond motifs is 3. The van der Waals surface area contributed by atoms with Crippen LogP contribution in [0.25, 0.3) is 21.0 Å². The lowest BCUT2D eigenvalue weighted by Crippen LogP contribution is -2.45. The van der Waals surface area contributed by atoms with Gasteiger partial charge in [0.05, 0.1) is 18.4 Å². The van der Waals surface area contributed by atoms with Crippen molar-refractivity contribution in [2.75, 3.05) is 33.4 Å². The van der Waals surface area contributed by atoms with E-state index in [4.69, 9.17) is 9.84 Å². The van der Waals surface area contributed by atoms with Gasteiger partial charge in [0.25, 0.3) is 11.5 Å². The van der Waals surface area contributed by atoms with Crippen LogP contribution in [0.5, 0.6) is 5.75 Å². The molecule has 0 saturated carbocycles. The minimum absolute atomic E-state index is 0.0763.